The van der Waals surface area contributed by atoms with Crippen LogP contribution in [0.25, 0.3) is 0 Å². The molecule has 0 aliphatic carbocycles. The number of ketones is 1. The highest BCUT2D eigenvalue weighted by molar-refractivity contribution is 5.83. The summed E-state index contributed by atoms with van der Waals surface area (Å²) in [4.78, 5) is 30.0. The Morgan fingerprint density at radius 3 is 2.11 bits per heavy atom. The summed E-state index contributed by atoms with van der Waals surface area (Å²) >= 11 is 0. The quantitative estimate of drug-likeness (QED) is 0.170. The molecule has 3 heterocycles. The van der Waals surface area contributed by atoms with Crippen LogP contribution in [-0.2, 0) is 38.0 Å². The number of aliphatic hydroxyl groups excluding tert-OH is 3. The SMILES string of the molecule is C=CCC[C@H]1OC(=O)[C@H](C)[C@@H](OC2CC(C)(OC)C(O)C(C)O2)[C@H](C)[C@@H](OC2OC(C)CC(N(C)C)C2O)[C@](C)(O)C[C@@H](C)C(=O)[C@H](C)[C@@H](O)[C@]1(C)O. The Hall–Kier alpha value is -1.56. The number of methoxy groups -OCH3 is 1. The third-order valence-electron chi connectivity index (χ3n) is 12.1. The van der Waals surface area contributed by atoms with Crippen molar-refractivity contribution in [1.82, 2.24) is 4.90 Å². The van der Waals surface area contributed by atoms with Crippen LogP contribution in [0.4, 0.5) is 0 Å². The first-order valence-electron chi connectivity index (χ1n) is 19.1. The predicted molar refractivity (Wildman–Crippen MR) is 195 cm³/mol. The highest BCUT2D eigenvalue weighted by atomic mass is 16.7. The van der Waals surface area contributed by atoms with Crippen LogP contribution in [0.5, 0.6) is 0 Å². The van der Waals surface area contributed by atoms with Gasteiger partial charge in [0.05, 0.1) is 47.6 Å². The molecule has 14 heteroatoms. The fourth-order valence-corrected chi connectivity index (χ4v) is 8.53. The lowest BCUT2D eigenvalue weighted by Crippen LogP contribution is -2.61. The normalized spacial score (nSPS) is 48.2. The molecule has 5 N–H and O–H groups in total. The Bertz CT molecular complexity index is 1230. The van der Waals surface area contributed by atoms with Crippen molar-refractivity contribution in [3.05, 3.63) is 12.7 Å². The second-order valence-corrected chi connectivity index (χ2v) is 16.9. The standard InChI is InChI=1S/C39H69NO13/c1-14-15-16-27-39(10,47)32(43)22(4)29(41)20(2)18-37(8,46)34(53-36-30(42)26(40(11)12)17-21(3)49-36)23(5)31(24(6)35(45)51-27)52-28-19-38(9,48-13)33(44)25(7)50-28/h14,20-28,30-34,36,42-44,46-47H,1,15-19H2,2-13H3/t20-,21?,22+,23+,24-,25?,26?,27-,28?,30?,31+,32-,33?,34-,36?,37-,38?,39-/m1/s1. The van der Waals surface area contributed by atoms with Crippen LogP contribution >= 0.6 is 0 Å². The average Bonchev–Trinajstić information content (AvgIpc) is 3.08. The van der Waals surface area contributed by atoms with Gasteiger partial charge in [0.2, 0.25) is 0 Å². The number of cyclic esters (lactones) is 1. The minimum Gasteiger partial charge on any atom is -0.459 e. The van der Waals surface area contributed by atoms with Crippen LogP contribution in [-0.4, -0.2) is 148 Å². The molecule has 0 amide bonds. The molecular formula is C39H69NO13. The van der Waals surface area contributed by atoms with E-state index in [0.29, 0.717) is 12.8 Å². The van der Waals surface area contributed by atoms with Gasteiger partial charge < -0.3 is 58.9 Å². The fraction of sp³-hybridized carbons (Fsp3) is 0.897. The van der Waals surface area contributed by atoms with Gasteiger partial charge in [0, 0.05) is 37.3 Å². The number of carbonyl (C=O) groups excluding carboxylic acids is 2. The zero-order valence-electron chi connectivity index (χ0n) is 33.9. The van der Waals surface area contributed by atoms with Crippen molar-refractivity contribution in [3.63, 3.8) is 0 Å². The van der Waals surface area contributed by atoms with Crippen molar-refractivity contribution in [2.24, 2.45) is 23.7 Å². The van der Waals surface area contributed by atoms with E-state index in [1.807, 2.05) is 25.9 Å². The van der Waals surface area contributed by atoms with Crippen molar-refractivity contribution in [3.8, 4) is 0 Å². The lowest BCUT2D eigenvalue weighted by atomic mass is 9.74. The van der Waals surface area contributed by atoms with Gasteiger partial charge in [0.1, 0.15) is 29.7 Å². The molecule has 8 unspecified atom stereocenters. The first-order chi connectivity index (χ1) is 24.4. The summed E-state index contributed by atoms with van der Waals surface area (Å²) in [7, 11) is 5.17. The highest BCUT2D eigenvalue weighted by Gasteiger charge is 2.53. The van der Waals surface area contributed by atoms with Gasteiger partial charge in [0.15, 0.2) is 12.6 Å². The summed E-state index contributed by atoms with van der Waals surface area (Å²) in [5, 5.41) is 58.1. The number of ether oxygens (including phenoxy) is 6. The maximum absolute atomic E-state index is 14.3. The molecule has 0 aromatic rings. The molecule has 0 saturated carbocycles. The van der Waals surface area contributed by atoms with Gasteiger partial charge in [-0.3, -0.25) is 9.59 Å². The van der Waals surface area contributed by atoms with Crippen LogP contribution in [0.2, 0.25) is 0 Å². The lowest BCUT2D eigenvalue weighted by molar-refractivity contribution is -0.318. The number of carbonyl (C=O) groups is 2. The molecule has 18 atom stereocenters. The van der Waals surface area contributed by atoms with Crippen LogP contribution < -0.4 is 0 Å². The monoisotopic (exact) mass is 759 g/mol. The Kier molecular flexibility index (Phi) is 15.7. The number of hydrogen-bond donors (Lipinski definition) is 5. The molecule has 3 aliphatic rings. The third-order valence-corrected chi connectivity index (χ3v) is 12.1. The summed E-state index contributed by atoms with van der Waals surface area (Å²) in [6.07, 6.45) is -8.00. The smallest absolute Gasteiger partial charge is 0.311 e. The molecular weight excluding hydrogens is 690 g/mol. The van der Waals surface area contributed by atoms with Crippen molar-refractivity contribution in [2.45, 2.75) is 179 Å². The van der Waals surface area contributed by atoms with Crippen LogP contribution in [0.1, 0.15) is 94.4 Å². The molecule has 14 nitrogen and oxygen atoms in total. The van der Waals surface area contributed by atoms with E-state index in [-0.39, 0.29) is 31.4 Å². The molecule has 3 rings (SSSR count). The highest BCUT2D eigenvalue weighted by Crippen LogP contribution is 2.41. The van der Waals surface area contributed by atoms with Crippen LogP contribution in [0, 0.1) is 23.7 Å². The van der Waals surface area contributed by atoms with Gasteiger partial charge >= 0.3 is 5.97 Å². The first-order valence-corrected chi connectivity index (χ1v) is 19.1. The maximum atomic E-state index is 14.3. The van der Waals surface area contributed by atoms with Gasteiger partial charge in [-0.1, -0.05) is 26.8 Å². The van der Waals surface area contributed by atoms with E-state index in [9.17, 15) is 35.1 Å². The number of Topliss-reactive ketones (excluding diaryl/α,β-unsaturated/α-hetero) is 1. The summed E-state index contributed by atoms with van der Waals surface area (Å²) in [5.74, 6) is -5.09. The Morgan fingerprint density at radius 1 is 0.925 bits per heavy atom. The molecule has 308 valence electrons. The Labute approximate surface area is 316 Å². The van der Waals surface area contributed by atoms with Gasteiger partial charge in [-0.05, 0) is 81.3 Å². The van der Waals surface area contributed by atoms with Crippen molar-refractivity contribution in [1.29, 1.82) is 0 Å². The summed E-state index contributed by atoms with van der Waals surface area (Å²) in [6.45, 7) is 18.4. The minimum atomic E-state index is -2.04. The maximum Gasteiger partial charge on any atom is 0.311 e. The molecule has 0 bridgehead atoms. The number of likely N-dealkylation sites (N-methyl/N-ethyl adjacent to an activating group) is 1. The van der Waals surface area contributed by atoms with Crippen molar-refractivity contribution < 1.29 is 63.5 Å². The number of aliphatic hydroxyl groups is 5. The lowest BCUT2D eigenvalue weighted by Gasteiger charge is -2.49. The predicted octanol–water partition coefficient (Wildman–Crippen LogP) is 2.34. The molecule has 3 fully saturated rings. The van der Waals surface area contributed by atoms with Gasteiger partial charge in [-0.25, -0.2) is 0 Å². The molecule has 3 aliphatic heterocycles. The first kappa shape index (κ1) is 45.8. The summed E-state index contributed by atoms with van der Waals surface area (Å²) < 4.78 is 37.3. The Morgan fingerprint density at radius 2 is 1.55 bits per heavy atom. The second kappa shape index (κ2) is 18.1. The summed E-state index contributed by atoms with van der Waals surface area (Å²) in [6, 6.07) is -0.332. The zero-order valence-corrected chi connectivity index (χ0v) is 33.9. The van der Waals surface area contributed by atoms with E-state index >= 15 is 0 Å². The van der Waals surface area contributed by atoms with E-state index in [2.05, 4.69) is 6.58 Å². The van der Waals surface area contributed by atoms with E-state index in [4.69, 9.17) is 28.4 Å². The van der Waals surface area contributed by atoms with Gasteiger partial charge in [-0.2, -0.15) is 0 Å². The van der Waals surface area contributed by atoms with Gasteiger partial charge in [-0.15, -0.1) is 6.58 Å². The molecule has 0 aromatic heterocycles. The van der Waals surface area contributed by atoms with E-state index in [1.54, 1.807) is 40.7 Å². The van der Waals surface area contributed by atoms with Crippen LogP contribution in [0.3, 0.4) is 0 Å². The minimum absolute atomic E-state index is 0.0840. The largest absolute Gasteiger partial charge is 0.459 e. The second-order valence-electron chi connectivity index (χ2n) is 16.9. The molecule has 0 radical (unpaired) electrons. The van der Waals surface area contributed by atoms with Crippen LogP contribution in [0.15, 0.2) is 12.7 Å². The topological polar surface area (TPSA) is 194 Å². The number of esters is 1. The number of allylic oxidation sites excluding steroid dienone is 1. The molecule has 3 saturated heterocycles. The van der Waals surface area contributed by atoms with E-state index < -0.39 is 108 Å². The van der Waals surface area contributed by atoms with Crippen molar-refractivity contribution >= 4 is 11.8 Å². The number of nitrogens with zero attached hydrogens (tertiary/aromatic N) is 1. The number of rotatable bonds is 9. The van der Waals surface area contributed by atoms with Gasteiger partial charge in [0.25, 0.3) is 0 Å². The van der Waals surface area contributed by atoms with E-state index in [1.165, 1.54) is 27.9 Å². The van der Waals surface area contributed by atoms with E-state index in [0.717, 1.165) is 0 Å². The molecule has 53 heavy (non-hydrogen) atoms. The number of hydrogen-bond acceptors (Lipinski definition) is 14. The fourth-order valence-electron chi connectivity index (χ4n) is 8.53. The average molecular weight is 760 g/mol. The summed E-state index contributed by atoms with van der Waals surface area (Å²) in [5.41, 5.74) is -4.91. The third kappa shape index (κ3) is 10.3. The molecule has 0 spiro atoms. The van der Waals surface area contributed by atoms with Crippen molar-refractivity contribution in [2.75, 3.05) is 21.2 Å². The molecule has 0 aromatic carbocycles. The zero-order chi connectivity index (χ0) is 40.4. The Balaban J connectivity index is 2.20.